The number of fused-ring (bicyclic) bond motifs is 1. The Kier molecular flexibility index (Phi) is 4.32. The SMILES string of the molecule is COc1ccc(NC(=O)[C@@H]2[C@@H]3C=C[C@@]4(CN(Cc5ccco5)C(=O)[C@@H]24)O3)c(OC)c1. The smallest absolute Gasteiger partial charge is 0.231 e. The highest BCUT2D eigenvalue weighted by Gasteiger charge is 2.66. The van der Waals surface area contributed by atoms with E-state index in [1.54, 1.807) is 42.5 Å². The van der Waals surface area contributed by atoms with E-state index < -0.39 is 23.5 Å². The zero-order valence-electron chi connectivity index (χ0n) is 16.7. The van der Waals surface area contributed by atoms with Crippen LogP contribution in [0.4, 0.5) is 5.69 Å². The fourth-order valence-electron chi connectivity index (χ4n) is 4.72. The zero-order chi connectivity index (χ0) is 20.9. The molecular weight excluding hydrogens is 388 g/mol. The van der Waals surface area contributed by atoms with Crippen LogP contribution in [0.1, 0.15) is 5.76 Å². The highest BCUT2D eigenvalue weighted by molar-refractivity contribution is 6.00. The van der Waals surface area contributed by atoms with Crippen molar-refractivity contribution in [2.75, 3.05) is 26.1 Å². The minimum absolute atomic E-state index is 0.0971. The van der Waals surface area contributed by atoms with Crippen molar-refractivity contribution >= 4 is 17.5 Å². The number of benzene rings is 1. The van der Waals surface area contributed by atoms with Crippen molar-refractivity contribution in [2.45, 2.75) is 18.2 Å². The standard InChI is InChI=1S/C22H22N2O6/c1-27-13-5-6-15(17(10-13)28-2)23-20(25)18-16-7-8-22(30-16)12-24(21(26)19(18)22)11-14-4-3-9-29-14/h3-10,16,18-19H,11-12H2,1-2H3,(H,23,25)/t16-,18+,19+,22-/m0/s1. The van der Waals surface area contributed by atoms with Gasteiger partial charge in [-0.3, -0.25) is 9.59 Å². The van der Waals surface area contributed by atoms with Crippen molar-refractivity contribution in [1.29, 1.82) is 0 Å². The molecule has 1 spiro atoms. The van der Waals surface area contributed by atoms with Crippen LogP contribution in [0.25, 0.3) is 0 Å². The topological polar surface area (TPSA) is 90.2 Å². The number of rotatable bonds is 6. The Hall–Kier alpha value is -3.26. The molecule has 2 fully saturated rings. The first kappa shape index (κ1) is 18.7. The Morgan fingerprint density at radius 3 is 2.90 bits per heavy atom. The van der Waals surface area contributed by atoms with Crippen LogP contribution < -0.4 is 14.8 Å². The molecule has 0 unspecified atom stereocenters. The average Bonchev–Trinajstić information content (AvgIpc) is 3.52. The summed E-state index contributed by atoms with van der Waals surface area (Å²) >= 11 is 0. The summed E-state index contributed by atoms with van der Waals surface area (Å²) in [6.07, 6.45) is 4.97. The van der Waals surface area contributed by atoms with Gasteiger partial charge in [0.25, 0.3) is 0 Å². The third-order valence-electron chi connectivity index (χ3n) is 6.07. The van der Waals surface area contributed by atoms with Gasteiger partial charge in [0, 0.05) is 6.07 Å². The number of anilines is 1. The molecule has 8 nitrogen and oxygen atoms in total. The summed E-state index contributed by atoms with van der Waals surface area (Å²) in [6, 6.07) is 8.76. The third-order valence-corrected chi connectivity index (χ3v) is 6.07. The summed E-state index contributed by atoms with van der Waals surface area (Å²) in [5.41, 5.74) is -0.248. The van der Waals surface area contributed by atoms with E-state index in [-0.39, 0.29) is 11.8 Å². The minimum Gasteiger partial charge on any atom is -0.497 e. The number of likely N-dealkylation sites (tertiary alicyclic amines) is 1. The van der Waals surface area contributed by atoms with E-state index in [9.17, 15) is 9.59 Å². The largest absolute Gasteiger partial charge is 0.497 e. The number of nitrogens with zero attached hydrogens (tertiary/aromatic N) is 1. The molecule has 30 heavy (non-hydrogen) atoms. The van der Waals surface area contributed by atoms with E-state index in [1.807, 2.05) is 18.2 Å². The second kappa shape index (κ2) is 6.91. The number of ether oxygens (including phenoxy) is 3. The third kappa shape index (κ3) is 2.79. The number of hydrogen-bond donors (Lipinski definition) is 1. The van der Waals surface area contributed by atoms with E-state index in [1.165, 1.54) is 7.11 Å². The number of furan rings is 1. The average molecular weight is 410 g/mol. The van der Waals surface area contributed by atoms with Gasteiger partial charge in [-0.2, -0.15) is 0 Å². The maximum absolute atomic E-state index is 13.2. The molecule has 2 saturated heterocycles. The molecule has 156 valence electrons. The lowest BCUT2D eigenvalue weighted by molar-refractivity contribution is -0.136. The fourth-order valence-corrected chi connectivity index (χ4v) is 4.72. The summed E-state index contributed by atoms with van der Waals surface area (Å²) in [5, 5.41) is 2.91. The van der Waals surface area contributed by atoms with Crippen LogP contribution in [0, 0.1) is 11.8 Å². The van der Waals surface area contributed by atoms with Gasteiger partial charge in [-0.1, -0.05) is 12.2 Å². The Balaban J connectivity index is 1.38. The van der Waals surface area contributed by atoms with Crippen LogP contribution in [-0.2, 0) is 20.9 Å². The lowest BCUT2D eigenvalue weighted by Crippen LogP contribution is -2.41. The number of carbonyl (C=O) groups excluding carboxylic acids is 2. The van der Waals surface area contributed by atoms with Gasteiger partial charge in [-0.15, -0.1) is 0 Å². The molecule has 5 rings (SSSR count). The van der Waals surface area contributed by atoms with Crippen LogP contribution in [0.3, 0.4) is 0 Å². The summed E-state index contributed by atoms with van der Waals surface area (Å²) in [7, 11) is 3.08. The molecule has 1 aromatic carbocycles. The molecule has 0 saturated carbocycles. The van der Waals surface area contributed by atoms with Gasteiger partial charge in [-0.05, 0) is 24.3 Å². The molecule has 4 atom stereocenters. The van der Waals surface area contributed by atoms with Crippen LogP contribution in [0.5, 0.6) is 11.5 Å². The molecule has 2 aromatic rings. The van der Waals surface area contributed by atoms with E-state index in [2.05, 4.69) is 5.32 Å². The Labute approximate surface area is 173 Å². The molecule has 2 bridgehead atoms. The van der Waals surface area contributed by atoms with Crippen molar-refractivity contribution in [3.63, 3.8) is 0 Å². The van der Waals surface area contributed by atoms with E-state index in [0.717, 1.165) is 0 Å². The highest BCUT2D eigenvalue weighted by Crippen LogP contribution is 2.52. The number of amides is 2. The summed E-state index contributed by atoms with van der Waals surface area (Å²) in [5.74, 6) is 0.251. The Morgan fingerprint density at radius 1 is 1.30 bits per heavy atom. The van der Waals surface area contributed by atoms with E-state index in [4.69, 9.17) is 18.6 Å². The molecular formula is C22H22N2O6. The van der Waals surface area contributed by atoms with Crippen molar-refractivity contribution in [3.05, 3.63) is 54.5 Å². The number of methoxy groups -OCH3 is 2. The number of carbonyl (C=O) groups is 2. The van der Waals surface area contributed by atoms with E-state index >= 15 is 0 Å². The number of hydrogen-bond acceptors (Lipinski definition) is 6. The molecule has 3 aliphatic rings. The summed E-state index contributed by atoms with van der Waals surface area (Å²) < 4.78 is 22.1. The van der Waals surface area contributed by atoms with Crippen LogP contribution in [0.2, 0.25) is 0 Å². The molecule has 1 aromatic heterocycles. The van der Waals surface area contributed by atoms with Gasteiger partial charge in [0.1, 0.15) is 22.9 Å². The summed E-state index contributed by atoms with van der Waals surface area (Å²) in [4.78, 5) is 28.2. The van der Waals surface area contributed by atoms with Gasteiger partial charge in [0.2, 0.25) is 11.8 Å². The van der Waals surface area contributed by atoms with Gasteiger partial charge >= 0.3 is 0 Å². The van der Waals surface area contributed by atoms with Gasteiger partial charge in [0.15, 0.2) is 0 Å². The Bertz CT molecular complexity index is 1020. The molecule has 1 N–H and O–H groups in total. The predicted octanol–water partition coefficient (Wildman–Crippen LogP) is 2.22. The van der Waals surface area contributed by atoms with Crippen LogP contribution >= 0.6 is 0 Å². The van der Waals surface area contributed by atoms with Crippen LogP contribution in [0.15, 0.2) is 53.2 Å². The van der Waals surface area contributed by atoms with Crippen molar-refractivity contribution in [3.8, 4) is 11.5 Å². The van der Waals surface area contributed by atoms with Crippen molar-refractivity contribution in [2.24, 2.45) is 11.8 Å². The molecule has 3 aliphatic heterocycles. The molecule has 4 heterocycles. The first-order chi connectivity index (χ1) is 14.5. The van der Waals surface area contributed by atoms with Crippen molar-refractivity contribution in [1.82, 2.24) is 4.90 Å². The zero-order valence-corrected chi connectivity index (χ0v) is 16.7. The fraction of sp³-hybridized carbons (Fsp3) is 0.364. The Morgan fingerprint density at radius 2 is 2.17 bits per heavy atom. The normalized spacial score (nSPS) is 28.7. The van der Waals surface area contributed by atoms with Gasteiger partial charge in [0.05, 0.1) is 57.2 Å². The van der Waals surface area contributed by atoms with Gasteiger partial charge < -0.3 is 28.8 Å². The quantitative estimate of drug-likeness (QED) is 0.735. The monoisotopic (exact) mass is 410 g/mol. The molecule has 0 radical (unpaired) electrons. The maximum atomic E-state index is 13.2. The first-order valence-corrected chi connectivity index (χ1v) is 9.76. The van der Waals surface area contributed by atoms with Crippen LogP contribution in [-0.4, -0.2) is 49.2 Å². The number of nitrogens with one attached hydrogen (secondary N) is 1. The van der Waals surface area contributed by atoms with E-state index in [0.29, 0.717) is 36.0 Å². The second-order valence-electron chi connectivity index (χ2n) is 7.73. The first-order valence-electron chi connectivity index (χ1n) is 9.76. The highest BCUT2D eigenvalue weighted by atomic mass is 16.5. The van der Waals surface area contributed by atoms with Crippen molar-refractivity contribution < 1.29 is 28.2 Å². The minimum atomic E-state index is -0.764. The predicted molar refractivity (Wildman–Crippen MR) is 106 cm³/mol. The molecule has 8 heteroatoms. The maximum Gasteiger partial charge on any atom is 0.231 e. The summed E-state index contributed by atoms with van der Waals surface area (Å²) in [6.45, 7) is 0.756. The molecule has 0 aliphatic carbocycles. The van der Waals surface area contributed by atoms with Gasteiger partial charge in [-0.25, -0.2) is 0 Å². The lowest BCUT2D eigenvalue weighted by Gasteiger charge is -2.24. The molecule has 2 amide bonds. The second-order valence-corrected chi connectivity index (χ2v) is 7.73. The lowest BCUT2D eigenvalue weighted by atomic mass is 9.76.